The molecule has 6 nitrogen and oxygen atoms in total. The molecule has 3 heterocycles. The van der Waals surface area contributed by atoms with Crippen LogP contribution in [0.15, 0.2) is 41.5 Å². The van der Waals surface area contributed by atoms with Gasteiger partial charge in [0.1, 0.15) is 12.1 Å². The van der Waals surface area contributed by atoms with E-state index in [1.807, 2.05) is 38.2 Å². The highest BCUT2D eigenvalue weighted by Crippen LogP contribution is 2.12. The van der Waals surface area contributed by atoms with Crippen molar-refractivity contribution in [1.29, 1.82) is 0 Å². The van der Waals surface area contributed by atoms with E-state index < -0.39 is 0 Å². The first-order valence-corrected chi connectivity index (χ1v) is 7.35. The number of rotatable bonds is 4. The fourth-order valence-electron chi connectivity index (χ4n) is 2.50. The number of fused-ring (bicyclic) bond motifs is 3. The lowest BCUT2D eigenvalue weighted by molar-refractivity contribution is -0.122. The second-order valence-corrected chi connectivity index (χ2v) is 5.38. The van der Waals surface area contributed by atoms with Crippen LogP contribution >= 0.6 is 0 Å². The summed E-state index contributed by atoms with van der Waals surface area (Å²) in [5, 5.41) is 2.88. The van der Waals surface area contributed by atoms with Crippen molar-refractivity contribution in [3.8, 4) is 0 Å². The zero-order valence-electron chi connectivity index (χ0n) is 12.6. The van der Waals surface area contributed by atoms with Crippen LogP contribution in [-0.2, 0) is 11.3 Å². The molecule has 0 fully saturated rings. The minimum atomic E-state index is -0.212. The van der Waals surface area contributed by atoms with Crippen molar-refractivity contribution >= 4 is 22.6 Å². The first-order valence-electron chi connectivity index (χ1n) is 7.35. The third-order valence-corrected chi connectivity index (χ3v) is 3.82. The van der Waals surface area contributed by atoms with Crippen LogP contribution in [0, 0.1) is 0 Å². The zero-order chi connectivity index (χ0) is 15.7. The quantitative estimate of drug-likeness (QED) is 0.795. The lowest BCUT2D eigenvalue weighted by Gasteiger charge is -2.14. The minimum Gasteiger partial charge on any atom is -0.352 e. The second kappa shape index (κ2) is 5.63. The molecule has 0 aliphatic heterocycles. The molecule has 0 bridgehead atoms. The van der Waals surface area contributed by atoms with Crippen LogP contribution < -0.4 is 10.9 Å². The van der Waals surface area contributed by atoms with Crippen LogP contribution in [0.4, 0.5) is 0 Å². The van der Waals surface area contributed by atoms with E-state index in [0.717, 1.165) is 11.9 Å². The maximum atomic E-state index is 12.6. The van der Waals surface area contributed by atoms with E-state index in [1.54, 1.807) is 16.7 Å². The van der Waals surface area contributed by atoms with Crippen LogP contribution in [-0.4, -0.2) is 25.9 Å². The molecule has 1 N–H and O–H groups in total. The van der Waals surface area contributed by atoms with E-state index in [1.165, 1.54) is 4.57 Å². The fourth-order valence-corrected chi connectivity index (χ4v) is 2.50. The summed E-state index contributed by atoms with van der Waals surface area (Å²) in [4.78, 5) is 29.0. The minimum absolute atomic E-state index is 0.0294. The van der Waals surface area contributed by atoms with Crippen molar-refractivity contribution in [1.82, 2.24) is 19.3 Å². The summed E-state index contributed by atoms with van der Waals surface area (Å²) in [6.45, 7) is 3.91. The number of nitrogens with one attached hydrogen (secondary N) is 1. The molecule has 3 rings (SSSR count). The largest absolute Gasteiger partial charge is 0.352 e. The smallest absolute Gasteiger partial charge is 0.276 e. The molecule has 1 atom stereocenters. The molecule has 1 unspecified atom stereocenters. The first-order chi connectivity index (χ1) is 10.6. The summed E-state index contributed by atoms with van der Waals surface area (Å²) in [5.41, 5.74) is 1.64. The number of carbonyl (C=O) groups excluding carboxylic acids is 1. The molecular formula is C16H18N4O2. The molecule has 22 heavy (non-hydrogen) atoms. The molecule has 0 radical (unpaired) electrons. The van der Waals surface area contributed by atoms with Crippen LogP contribution in [0.5, 0.6) is 0 Å². The highest BCUT2D eigenvalue weighted by atomic mass is 16.2. The second-order valence-electron chi connectivity index (χ2n) is 5.38. The molecule has 114 valence electrons. The average Bonchev–Trinajstić information content (AvgIpc) is 3.01. The first kappa shape index (κ1) is 14.3. The highest BCUT2D eigenvalue weighted by molar-refractivity contribution is 5.80. The topological polar surface area (TPSA) is 68.4 Å². The van der Waals surface area contributed by atoms with E-state index in [4.69, 9.17) is 0 Å². The number of pyridine rings is 1. The van der Waals surface area contributed by atoms with Gasteiger partial charge in [-0.25, -0.2) is 4.98 Å². The zero-order valence-corrected chi connectivity index (χ0v) is 12.6. The Labute approximate surface area is 127 Å². The Morgan fingerprint density at radius 1 is 1.32 bits per heavy atom. The van der Waals surface area contributed by atoms with Gasteiger partial charge in [0.2, 0.25) is 5.91 Å². The summed E-state index contributed by atoms with van der Waals surface area (Å²) in [6, 6.07) is 7.34. The van der Waals surface area contributed by atoms with Crippen molar-refractivity contribution in [3.05, 3.63) is 47.0 Å². The van der Waals surface area contributed by atoms with Gasteiger partial charge in [0.15, 0.2) is 5.65 Å². The Kier molecular flexibility index (Phi) is 3.66. The van der Waals surface area contributed by atoms with Gasteiger partial charge in [-0.3, -0.25) is 14.2 Å². The number of aromatic nitrogens is 3. The van der Waals surface area contributed by atoms with E-state index in [-0.39, 0.29) is 24.1 Å². The fraction of sp³-hybridized carbons (Fsp3) is 0.312. The van der Waals surface area contributed by atoms with Crippen molar-refractivity contribution in [2.45, 2.75) is 32.9 Å². The standard InChI is InChI=1S/C16H18N4O2/c1-3-11(2)18-14(21)10-20-15-12(6-4-8-17-15)19-9-5-7-13(19)16(20)22/h4-9,11H,3,10H2,1-2H3,(H,18,21). The summed E-state index contributed by atoms with van der Waals surface area (Å²) < 4.78 is 3.23. The number of amides is 1. The normalized spacial score (nSPS) is 12.6. The number of hydrogen-bond acceptors (Lipinski definition) is 3. The van der Waals surface area contributed by atoms with E-state index in [9.17, 15) is 9.59 Å². The summed E-state index contributed by atoms with van der Waals surface area (Å²) >= 11 is 0. The van der Waals surface area contributed by atoms with Crippen molar-refractivity contribution < 1.29 is 4.79 Å². The van der Waals surface area contributed by atoms with E-state index in [0.29, 0.717) is 11.2 Å². The maximum absolute atomic E-state index is 12.6. The number of carbonyl (C=O) groups is 1. The summed E-state index contributed by atoms with van der Waals surface area (Å²) in [5.74, 6) is -0.181. The van der Waals surface area contributed by atoms with Gasteiger partial charge in [-0.05, 0) is 37.6 Å². The van der Waals surface area contributed by atoms with Gasteiger partial charge in [-0.15, -0.1) is 0 Å². The SMILES string of the molecule is CCC(C)NC(=O)Cn1c(=O)c2cccn2c2cccnc21. The molecule has 0 aliphatic carbocycles. The van der Waals surface area contributed by atoms with Gasteiger partial charge < -0.3 is 9.72 Å². The van der Waals surface area contributed by atoms with E-state index in [2.05, 4.69) is 10.3 Å². The molecule has 0 saturated heterocycles. The Hall–Kier alpha value is -2.63. The Morgan fingerprint density at radius 3 is 2.86 bits per heavy atom. The van der Waals surface area contributed by atoms with Gasteiger partial charge >= 0.3 is 0 Å². The highest BCUT2D eigenvalue weighted by Gasteiger charge is 2.14. The van der Waals surface area contributed by atoms with Crippen molar-refractivity contribution in [2.75, 3.05) is 0 Å². The maximum Gasteiger partial charge on any atom is 0.276 e. The van der Waals surface area contributed by atoms with Gasteiger partial charge in [-0.1, -0.05) is 6.92 Å². The summed E-state index contributed by atoms with van der Waals surface area (Å²) in [7, 11) is 0. The van der Waals surface area contributed by atoms with Gasteiger partial charge in [0.05, 0.1) is 5.52 Å². The van der Waals surface area contributed by atoms with Gasteiger partial charge in [0.25, 0.3) is 5.56 Å². The molecule has 0 aliphatic rings. The van der Waals surface area contributed by atoms with Gasteiger partial charge in [0, 0.05) is 18.4 Å². The van der Waals surface area contributed by atoms with Crippen LogP contribution in [0.25, 0.3) is 16.7 Å². The third kappa shape index (κ3) is 2.36. The van der Waals surface area contributed by atoms with E-state index >= 15 is 0 Å². The van der Waals surface area contributed by atoms with Crippen LogP contribution in [0.3, 0.4) is 0 Å². The Morgan fingerprint density at radius 2 is 2.09 bits per heavy atom. The number of nitrogens with zero attached hydrogens (tertiary/aromatic N) is 3. The average molecular weight is 298 g/mol. The molecule has 0 saturated carbocycles. The Bertz CT molecular complexity index is 894. The lowest BCUT2D eigenvalue weighted by Crippen LogP contribution is -2.37. The molecule has 1 amide bonds. The third-order valence-electron chi connectivity index (χ3n) is 3.82. The van der Waals surface area contributed by atoms with Crippen LogP contribution in [0.2, 0.25) is 0 Å². The van der Waals surface area contributed by atoms with Crippen molar-refractivity contribution in [3.63, 3.8) is 0 Å². The number of hydrogen-bond donors (Lipinski definition) is 1. The molecule has 0 spiro atoms. The monoisotopic (exact) mass is 298 g/mol. The summed E-state index contributed by atoms with van der Waals surface area (Å²) in [6.07, 6.45) is 4.29. The predicted octanol–water partition coefficient (Wildman–Crippen LogP) is 1.56. The molecule has 3 aromatic heterocycles. The van der Waals surface area contributed by atoms with Gasteiger partial charge in [-0.2, -0.15) is 0 Å². The molecule has 6 heteroatoms. The molecule has 0 aromatic carbocycles. The molecular weight excluding hydrogens is 280 g/mol. The van der Waals surface area contributed by atoms with Crippen molar-refractivity contribution in [2.24, 2.45) is 0 Å². The lowest BCUT2D eigenvalue weighted by atomic mass is 10.2. The Balaban J connectivity index is 2.13. The molecule has 3 aromatic rings. The predicted molar refractivity (Wildman–Crippen MR) is 84.9 cm³/mol. The van der Waals surface area contributed by atoms with Crippen LogP contribution in [0.1, 0.15) is 20.3 Å².